The Bertz CT molecular complexity index is 529. The molecule has 7 heteroatoms. The van der Waals surface area contributed by atoms with Crippen molar-refractivity contribution in [3.63, 3.8) is 0 Å². The molecule has 1 rings (SSSR count). The number of amides is 1. The average Bonchev–Trinajstić information content (AvgIpc) is 2.95. The number of nitrogens with zero attached hydrogens (tertiary/aromatic N) is 1. The molecular weight excluding hydrogens is 348 g/mol. The summed E-state index contributed by atoms with van der Waals surface area (Å²) in [6, 6.07) is -0.490. The Morgan fingerprint density at radius 3 is 2.33 bits per heavy atom. The van der Waals surface area contributed by atoms with Crippen molar-refractivity contribution in [2.75, 3.05) is 20.2 Å². The second-order valence-corrected chi connectivity index (χ2v) is 8.50. The van der Waals surface area contributed by atoms with Gasteiger partial charge in [0.05, 0.1) is 13.0 Å². The predicted molar refractivity (Wildman–Crippen MR) is 103 cm³/mol. The van der Waals surface area contributed by atoms with Crippen LogP contribution in [0.5, 0.6) is 0 Å². The average molecular weight is 385 g/mol. The SMILES string of the molecule is CCCC(CN1C[C@H](C(=O)OC)C[C@@H]1C(=O)OC(C)(C)C)C(C)NC(C)=O. The first-order valence-electron chi connectivity index (χ1n) is 9.80. The Kier molecular flexibility index (Phi) is 8.72. The van der Waals surface area contributed by atoms with Gasteiger partial charge in [-0.2, -0.15) is 0 Å². The van der Waals surface area contributed by atoms with Gasteiger partial charge in [-0.15, -0.1) is 0 Å². The van der Waals surface area contributed by atoms with Crippen molar-refractivity contribution in [2.24, 2.45) is 11.8 Å². The predicted octanol–water partition coefficient (Wildman–Crippen LogP) is 2.13. The first kappa shape index (κ1) is 23.4. The molecular formula is C20H36N2O5. The molecule has 1 saturated heterocycles. The van der Waals surface area contributed by atoms with Crippen LogP contribution in [-0.4, -0.2) is 60.6 Å². The van der Waals surface area contributed by atoms with E-state index in [2.05, 4.69) is 12.2 Å². The Balaban J connectivity index is 2.96. The molecule has 0 aromatic carbocycles. The van der Waals surface area contributed by atoms with Crippen LogP contribution < -0.4 is 5.32 Å². The molecule has 0 saturated carbocycles. The number of hydrogen-bond donors (Lipinski definition) is 1. The monoisotopic (exact) mass is 384 g/mol. The molecule has 1 aliphatic rings. The van der Waals surface area contributed by atoms with Crippen molar-refractivity contribution < 1.29 is 23.9 Å². The van der Waals surface area contributed by atoms with Gasteiger partial charge in [-0.05, 0) is 46.5 Å². The Hall–Kier alpha value is -1.63. The Morgan fingerprint density at radius 2 is 1.85 bits per heavy atom. The molecule has 2 unspecified atom stereocenters. The second kappa shape index (κ2) is 10.1. The largest absolute Gasteiger partial charge is 0.469 e. The maximum Gasteiger partial charge on any atom is 0.323 e. The minimum atomic E-state index is -0.585. The number of nitrogens with one attached hydrogen (secondary N) is 1. The molecule has 1 fully saturated rings. The number of esters is 2. The smallest absolute Gasteiger partial charge is 0.323 e. The number of methoxy groups -OCH3 is 1. The zero-order chi connectivity index (χ0) is 20.8. The number of hydrogen-bond acceptors (Lipinski definition) is 6. The van der Waals surface area contributed by atoms with E-state index in [0.717, 1.165) is 12.8 Å². The molecule has 1 amide bonds. The zero-order valence-corrected chi connectivity index (χ0v) is 17.8. The van der Waals surface area contributed by atoms with Crippen LogP contribution in [0.3, 0.4) is 0 Å². The van der Waals surface area contributed by atoms with E-state index in [1.807, 2.05) is 32.6 Å². The second-order valence-electron chi connectivity index (χ2n) is 8.50. The van der Waals surface area contributed by atoms with Crippen molar-refractivity contribution in [1.82, 2.24) is 10.2 Å². The zero-order valence-electron chi connectivity index (χ0n) is 17.8. The van der Waals surface area contributed by atoms with Crippen molar-refractivity contribution in [2.45, 2.75) is 78.5 Å². The van der Waals surface area contributed by atoms with E-state index in [-0.39, 0.29) is 35.7 Å². The summed E-state index contributed by atoms with van der Waals surface area (Å²) in [7, 11) is 1.37. The summed E-state index contributed by atoms with van der Waals surface area (Å²) in [4.78, 5) is 38.2. The molecule has 0 aliphatic carbocycles. The molecule has 156 valence electrons. The summed E-state index contributed by atoms with van der Waals surface area (Å²) in [6.07, 6.45) is 2.29. The van der Waals surface area contributed by atoms with Gasteiger partial charge in [0.1, 0.15) is 11.6 Å². The van der Waals surface area contributed by atoms with E-state index in [9.17, 15) is 14.4 Å². The Morgan fingerprint density at radius 1 is 1.22 bits per heavy atom. The summed E-state index contributed by atoms with van der Waals surface area (Å²) in [5.74, 6) is -0.836. The third kappa shape index (κ3) is 7.48. The highest BCUT2D eigenvalue weighted by molar-refractivity contribution is 5.80. The number of carbonyl (C=O) groups is 3. The van der Waals surface area contributed by atoms with Crippen LogP contribution in [0.1, 0.15) is 60.8 Å². The van der Waals surface area contributed by atoms with Crippen molar-refractivity contribution in [1.29, 1.82) is 0 Å². The van der Waals surface area contributed by atoms with Gasteiger partial charge in [0.2, 0.25) is 5.91 Å². The van der Waals surface area contributed by atoms with Gasteiger partial charge in [-0.1, -0.05) is 13.3 Å². The highest BCUT2D eigenvalue weighted by Crippen LogP contribution is 2.29. The minimum Gasteiger partial charge on any atom is -0.469 e. The normalized spacial score (nSPS) is 22.8. The van der Waals surface area contributed by atoms with E-state index in [4.69, 9.17) is 9.47 Å². The standard InChI is InChI=1S/C20H36N2O5/c1-8-9-15(13(2)21-14(3)23)11-22-12-16(18(24)26-7)10-17(22)19(25)27-20(4,5)6/h13,15-17H,8-12H2,1-7H3,(H,21,23)/t13?,15?,16-,17-/m1/s1. The quantitative estimate of drug-likeness (QED) is 0.646. The lowest BCUT2D eigenvalue weighted by Crippen LogP contribution is -2.47. The van der Waals surface area contributed by atoms with Crippen LogP contribution in [0.25, 0.3) is 0 Å². The van der Waals surface area contributed by atoms with E-state index < -0.39 is 11.6 Å². The lowest BCUT2D eigenvalue weighted by Gasteiger charge is -2.32. The molecule has 0 aromatic rings. The lowest BCUT2D eigenvalue weighted by atomic mass is 9.95. The third-order valence-electron chi connectivity index (χ3n) is 4.88. The number of rotatable bonds is 8. The van der Waals surface area contributed by atoms with Gasteiger partial charge >= 0.3 is 11.9 Å². The van der Waals surface area contributed by atoms with Crippen LogP contribution in [0.4, 0.5) is 0 Å². The number of likely N-dealkylation sites (tertiary alicyclic amines) is 1. The van der Waals surface area contributed by atoms with Crippen LogP contribution in [-0.2, 0) is 23.9 Å². The van der Waals surface area contributed by atoms with Crippen LogP contribution in [0.2, 0.25) is 0 Å². The van der Waals surface area contributed by atoms with E-state index in [1.54, 1.807) is 0 Å². The Labute approximate surface area is 163 Å². The molecule has 0 bridgehead atoms. The molecule has 1 aliphatic heterocycles. The number of ether oxygens (including phenoxy) is 2. The molecule has 7 nitrogen and oxygen atoms in total. The van der Waals surface area contributed by atoms with E-state index >= 15 is 0 Å². The first-order valence-corrected chi connectivity index (χ1v) is 9.80. The van der Waals surface area contributed by atoms with E-state index in [0.29, 0.717) is 19.5 Å². The molecule has 1 heterocycles. The van der Waals surface area contributed by atoms with Crippen LogP contribution in [0, 0.1) is 11.8 Å². The minimum absolute atomic E-state index is 0.0149. The van der Waals surface area contributed by atoms with Gasteiger partial charge in [0.25, 0.3) is 0 Å². The third-order valence-corrected chi connectivity index (χ3v) is 4.88. The summed E-state index contributed by atoms with van der Waals surface area (Å²) >= 11 is 0. The highest BCUT2D eigenvalue weighted by atomic mass is 16.6. The molecule has 0 spiro atoms. The van der Waals surface area contributed by atoms with Crippen molar-refractivity contribution in [3.05, 3.63) is 0 Å². The summed E-state index contributed by atoms with van der Waals surface area (Å²) in [5.41, 5.74) is -0.585. The molecule has 0 aromatic heterocycles. The molecule has 4 atom stereocenters. The number of carbonyl (C=O) groups excluding carboxylic acids is 3. The topological polar surface area (TPSA) is 84.9 Å². The van der Waals surface area contributed by atoms with E-state index in [1.165, 1.54) is 14.0 Å². The highest BCUT2D eigenvalue weighted by Gasteiger charge is 2.43. The fraction of sp³-hybridized carbons (Fsp3) is 0.850. The van der Waals surface area contributed by atoms with Gasteiger partial charge < -0.3 is 14.8 Å². The lowest BCUT2D eigenvalue weighted by molar-refractivity contribution is -0.160. The summed E-state index contributed by atoms with van der Waals surface area (Å²) in [5, 5.41) is 2.96. The first-order chi connectivity index (χ1) is 12.5. The van der Waals surface area contributed by atoms with Crippen LogP contribution >= 0.6 is 0 Å². The van der Waals surface area contributed by atoms with Crippen molar-refractivity contribution >= 4 is 17.8 Å². The fourth-order valence-electron chi connectivity index (χ4n) is 3.67. The fourth-order valence-corrected chi connectivity index (χ4v) is 3.67. The summed E-state index contributed by atoms with van der Waals surface area (Å²) < 4.78 is 10.5. The molecule has 0 radical (unpaired) electrons. The maximum atomic E-state index is 12.7. The maximum absolute atomic E-state index is 12.7. The van der Waals surface area contributed by atoms with Crippen molar-refractivity contribution in [3.8, 4) is 0 Å². The summed E-state index contributed by atoms with van der Waals surface area (Å²) in [6.45, 7) is 12.2. The van der Waals surface area contributed by atoms with Gasteiger partial charge in [-0.3, -0.25) is 19.3 Å². The van der Waals surface area contributed by atoms with Gasteiger partial charge in [0.15, 0.2) is 0 Å². The van der Waals surface area contributed by atoms with Crippen LogP contribution in [0.15, 0.2) is 0 Å². The molecule has 1 N–H and O–H groups in total. The molecule has 27 heavy (non-hydrogen) atoms. The van der Waals surface area contributed by atoms with Gasteiger partial charge in [-0.25, -0.2) is 0 Å². The van der Waals surface area contributed by atoms with Gasteiger partial charge in [0, 0.05) is 26.1 Å².